The average Bonchev–Trinajstić information content (AvgIpc) is 3.56. The fourth-order valence-electron chi connectivity index (χ4n) is 7.24. The van der Waals surface area contributed by atoms with Gasteiger partial charge in [0.05, 0.1) is 21.6 Å². The van der Waals surface area contributed by atoms with Crippen molar-refractivity contribution < 1.29 is 0 Å². The Balaban J connectivity index is 1.31. The van der Waals surface area contributed by atoms with Gasteiger partial charge in [-0.1, -0.05) is 121 Å². The number of nitrogens with zero attached hydrogens (tertiary/aromatic N) is 2. The highest BCUT2D eigenvalue weighted by atomic mass is 32.2. The first-order valence-corrected chi connectivity index (χ1v) is 17.5. The first-order chi connectivity index (χ1) is 23.3. The molecule has 9 rings (SSSR count). The molecule has 3 heteroatoms. The molecule has 0 N–H and O–H groups in total. The van der Waals surface area contributed by atoms with Crippen LogP contribution in [0.2, 0.25) is 0 Å². The van der Waals surface area contributed by atoms with Gasteiger partial charge in [-0.2, -0.15) is 0 Å². The van der Waals surface area contributed by atoms with Crippen molar-refractivity contribution in [1.82, 2.24) is 4.57 Å². The second-order valence-electron chi connectivity index (χ2n) is 14.0. The summed E-state index contributed by atoms with van der Waals surface area (Å²) in [4.78, 5) is 5.20. The highest BCUT2D eigenvalue weighted by Crippen LogP contribution is 2.47. The SMILES string of the molecule is CC1(C)N=C(c2cccc(-c3cc4c(c5ccccc35)c3ccc(-c5ccc6ccccc6c5)cc3n4-c3ccccc3)c2)SC1(C)C. The van der Waals surface area contributed by atoms with E-state index < -0.39 is 0 Å². The summed E-state index contributed by atoms with van der Waals surface area (Å²) in [5, 5.41) is 8.71. The van der Waals surface area contributed by atoms with Crippen molar-refractivity contribution in [2.75, 3.05) is 0 Å². The minimum atomic E-state index is -0.128. The maximum absolute atomic E-state index is 5.20. The highest BCUT2D eigenvalue weighted by molar-refractivity contribution is 8.15. The smallest absolute Gasteiger partial charge is 0.0990 e. The fourth-order valence-corrected chi connectivity index (χ4v) is 8.54. The monoisotopic (exact) mass is 636 g/mol. The van der Waals surface area contributed by atoms with Crippen LogP contribution < -0.4 is 0 Å². The van der Waals surface area contributed by atoms with Gasteiger partial charge < -0.3 is 4.57 Å². The minimum absolute atomic E-state index is 0.0340. The molecule has 1 aliphatic heterocycles. The standard InChI is InChI=1S/C45H36N2S/c1-44(2)45(3,4)48-43(46-44)34-16-12-15-33(26-34)39-28-41-42(37-20-11-10-19-36(37)39)38-24-23-32(27-40(38)47(41)35-17-6-5-7-18-35)31-22-21-29-13-8-9-14-30(29)25-31/h5-28H,1-4H3. The summed E-state index contributed by atoms with van der Waals surface area (Å²) in [5.74, 6) is 0. The number of fused-ring (bicyclic) bond motifs is 6. The molecule has 0 atom stereocenters. The number of thioether (sulfide) groups is 1. The average molecular weight is 637 g/mol. The van der Waals surface area contributed by atoms with E-state index in [0.717, 1.165) is 10.7 Å². The van der Waals surface area contributed by atoms with Crippen LogP contribution in [-0.2, 0) is 0 Å². The third kappa shape index (κ3) is 4.52. The molecule has 0 aliphatic carbocycles. The molecule has 2 nitrogen and oxygen atoms in total. The summed E-state index contributed by atoms with van der Waals surface area (Å²) in [6.45, 7) is 9.08. The quantitative estimate of drug-likeness (QED) is 0.188. The Morgan fingerprint density at radius 2 is 1.19 bits per heavy atom. The Morgan fingerprint density at radius 1 is 0.500 bits per heavy atom. The summed E-state index contributed by atoms with van der Waals surface area (Å²) in [7, 11) is 0. The van der Waals surface area contributed by atoms with Crippen LogP contribution in [0.3, 0.4) is 0 Å². The molecule has 0 radical (unpaired) electrons. The molecule has 1 aromatic heterocycles. The number of hydrogen-bond donors (Lipinski definition) is 0. The van der Waals surface area contributed by atoms with E-state index in [2.05, 4.69) is 178 Å². The molecule has 1 aliphatic rings. The molecule has 0 amide bonds. The Bertz CT molecular complexity index is 2590. The third-order valence-electron chi connectivity index (χ3n) is 10.5. The van der Waals surface area contributed by atoms with Crippen LogP contribution in [0.4, 0.5) is 0 Å². The lowest BCUT2D eigenvalue weighted by atomic mass is 9.90. The first-order valence-electron chi connectivity index (χ1n) is 16.7. The zero-order valence-electron chi connectivity index (χ0n) is 27.7. The molecule has 48 heavy (non-hydrogen) atoms. The van der Waals surface area contributed by atoms with Gasteiger partial charge in [-0.3, -0.25) is 4.99 Å². The summed E-state index contributed by atoms with van der Waals surface area (Å²) in [6, 6.07) is 53.5. The topological polar surface area (TPSA) is 17.3 Å². The minimum Gasteiger partial charge on any atom is -0.309 e. The Labute approximate surface area is 285 Å². The van der Waals surface area contributed by atoms with E-state index in [9.17, 15) is 0 Å². The lowest BCUT2D eigenvalue weighted by Gasteiger charge is -2.30. The van der Waals surface area contributed by atoms with Crippen molar-refractivity contribution in [2.24, 2.45) is 4.99 Å². The number of hydrogen-bond acceptors (Lipinski definition) is 2. The van der Waals surface area contributed by atoms with E-state index >= 15 is 0 Å². The normalized spacial score (nSPS) is 15.5. The molecule has 0 saturated carbocycles. The Kier molecular flexibility index (Phi) is 6.48. The molecule has 2 heterocycles. The summed E-state index contributed by atoms with van der Waals surface area (Å²) in [5.41, 5.74) is 9.51. The van der Waals surface area contributed by atoms with E-state index in [1.807, 2.05) is 11.8 Å². The largest absolute Gasteiger partial charge is 0.309 e. The van der Waals surface area contributed by atoms with Crippen molar-refractivity contribution in [2.45, 2.75) is 38.0 Å². The van der Waals surface area contributed by atoms with Gasteiger partial charge in [-0.25, -0.2) is 0 Å². The zero-order chi connectivity index (χ0) is 32.6. The van der Waals surface area contributed by atoms with Crippen LogP contribution in [-0.4, -0.2) is 19.9 Å². The lowest BCUT2D eigenvalue weighted by Crippen LogP contribution is -2.36. The van der Waals surface area contributed by atoms with Crippen LogP contribution in [0.15, 0.2) is 151 Å². The van der Waals surface area contributed by atoms with Crippen molar-refractivity contribution in [1.29, 1.82) is 0 Å². The van der Waals surface area contributed by atoms with Crippen LogP contribution in [0.5, 0.6) is 0 Å². The van der Waals surface area contributed by atoms with Crippen molar-refractivity contribution in [3.05, 3.63) is 151 Å². The maximum atomic E-state index is 5.20. The molecule has 0 bridgehead atoms. The summed E-state index contributed by atoms with van der Waals surface area (Å²) < 4.78 is 2.49. The Hall–Kier alpha value is -5.12. The number of rotatable bonds is 4. The first kappa shape index (κ1) is 29.1. The highest BCUT2D eigenvalue weighted by Gasteiger charge is 2.44. The number of aromatic nitrogens is 1. The van der Waals surface area contributed by atoms with Gasteiger partial charge in [0.2, 0.25) is 0 Å². The molecule has 232 valence electrons. The number of aliphatic imine (C=N–C) groups is 1. The summed E-state index contributed by atoms with van der Waals surface area (Å²) >= 11 is 1.89. The van der Waals surface area contributed by atoms with Gasteiger partial charge in [0.25, 0.3) is 0 Å². The molecule has 8 aromatic rings. The number of para-hydroxylation sites is 1. The molecule has 0 unspecified atom stereocenters. The molecule has 7 aromatic carbocycles. The van der Waals surface area contributed by atoms with Crippen molar-refractivity contribution in [3.63, 3.8) is 0 Å². The van der Waals surface area contributed by atoms with E-state index in [4.69, 9.17) is 4.99 Å². The lowest BCUT2D eigenvalue weighted by molar-refractivity contribution is 0.426. The summed E-state index contributed by atoms with van der Waals surface area (Å²) in [6.07, 6.45) is 0. The second kappa shape index (κ2) is 10.7. The van der Waals surface area contributed by atoms with E-state index in [1.165, 1.54) is 71.2 Å². The van der Waals surface area contributed by atoms with E-state index in [1.54, 1.807) is 0 Å². The maximum Gasteiger partial charge on any atom is 0.0990 e. The van der Waals surface area contributed by atoms with Gasteiger partial charge in [0.15, 0.2) is 0 Å². The van der Waals surface area contributed by atoms with E-state index in [0.29, 0.717) is 0 Å². The molecular weight excluding hydrogens is 601 g/mol. The van der Waals surface area contributed by atoms with Crippen LogP contribution in [0.25, 0.3) is 71.3 Å². The van der Waals surface area contributed by atoms with Gasteiger partial charge in [0, 0.05) is 26.8 Å². The van der Waals surface area contributed by atoms with Crippen molar-refractivity contribution >= 4 is 60.2 Å². The van der Waals surface area contributed by atoms with Gasteiger partial charge in [-0.15, -0.1) is 0 Å². The predicted octanol–water partition coefficient (Wildman–Crippen LogP) is 12.5. The van der Waals surface area contributed by atoms with Gasteiger partial charge in [0.1, 0.15) is 0 Å². The second-order valence-corrected chi connectivity index (χ2v) is 15.6. The van der Waals surface area contributed by atoms with E-state index in [-0.39, 0.29) is 10.3 Å². The van der Waals surface area contributed by atoms with Crippen molar-refractivity contribution in [3.8, 4) is 27.9 Å². The predicted molar refractivity (Wildman–Crippen MR) is 209 cm³/mol. The van der Waals surface area contributed by atoms with Crippen LogP contribution >= 0.6 is 11.8 Å². The molecule has 0 saturated heterocycles. The van der Waals surface area contributed by atoms with Gasteiger partial charge >= 0.3 is 0 Å². The molecule has 0 fully saturated rings. The van der Waals surface area contributed by atoms with Gasteiger partial charge in [-0.05, 0) is 108 Å². The fraction of sp³-hybridized carbons (Fsp3) is 0.133. The zero-order valence-corrected chi connectivity index (χ0v) is 28.5. The molecular formula is C45H36N2S. The van der Waals surface area contributed by atoms with Crippen LogP contribution in [0.1, 0.15) is 33.3 Å². The third-order valence-corrected chi connectivity index (χ3v) is 12.0. The Morgan fingerprint density at radius 3 is 1.98 bits per heavy atom. The number of benzene rings is 7. The van der Waals surface area contributed by atoms with Crippen LogP contribution in [0, 0.1) is 0 Å². The molecule has 0 spiro atoms.